The quantitative estimate of drug-likeness (QED) is 0.0667. The molecule has 2 aromatic carbocycles. The van der Waals surface area contributed by atoms with E-state index in [1.807, 2.05) is 43.4 Å². The molecule has 0 saturated heterocycles. The van der Waals surface area contributed by atoms with E-state index in [4.69, 9.17) is 23.7 Å². The molecule has 0 radical (unpaired) electrons. The number of aromatic nitrogens is 2. The van der Waals surface area contributed by atoms with E-state index in [2.05, 4.69) is 20.1 Å². The van der Waals surface area contributed by atoms with E-state index in [-0.39, 0.29) is 18.8 Å². The van der Waals surface area contributed by atoms with Crippen molar-refractivity contribution in [2.75, 3.05) is 38.5 Å². The topological polar surface area (TPSA) is 208 Å². The summed E-state index contributed by atoms with van der Waals surface area (Å²) in [7, 11) is 2.96. The number of amides is 1. The van der Waals surface area contributed by atoms with Crippen molar-refractivity contribution in [1.82, 2.24) is 15.3 Å². The number of fused-ring (bicyclic) bond motifs is 1. The Morgan fingerprint density at radius 2 is 1.79 bits per heavy atom. The summed E-state index contributed by atoms with van der Waals surface area (Å²) >= 11 is 1.98. The number of esters is 2. The minimum atomic E-state index is -1.44. The molecule has 0 aliphatic rings. The number of nitrogens with zero attached hydrogens (tertiary/aromatic N) is 2. The largest absolute Gasteiger partial charge is 0.497 e. The fraction of sp³-hybridized carbons (Fsp3) is 0.433. The van der Waals surface area contributed by atoms with Crippen molar-refractivity contribution >= 4 is 51.3 Å². The third kappa shape index (κ3) is 10.2. The lowest BCUT2D eigenvalue weighted by molar-refractivity contribution is -0.754. The van der Waals surface area contributed by atoms with E-state index in [1.54, 1.807) is 24.3 Å². The lowest BCUT2D eigenvalue weighted by Crippen LogP contribution is -2.45. The SMILES string of the molecule is CCC(COC(=O)CC(NC(=O)CO[N+](=O)[O-])C(=O)OCCI)Oc1c(C)cc(-c2nc3cc(OC)cc(OC)c3c(=O)[nH]2)cc1C. The number of carbonyl (C=O) groups is 3. The number of alkyl halides is 1. The highest BCUT2D eigenvalue weighted by Gasteiger charge is 2.27. The number of H-pyrrole nitrogens is 1. The minimum Gasteiger partial charge on any atom is -0.497 e. The first kappa shape index (κ1) is 36.8. The van der Waals surface area contributed by atoms with Gasteiger partial charge in [0.05, 0.1) is 26.2 Å². The number of hydrogen-bond acceptors (Lipinski definition) is 13. The number of carbonyl (C=O) groups excluding carboxylic acids is 3. The van der Waals surface area contributed by atoms with Crippen LogP contribution in [0.4, 0.5) is 0 Å². The molecular formula is C30H35IN4O12. The first-order valence-corrected chi connectivity index (χ1v) is 15.8. The zero-order valence-electron chi connectivity index (χ0n) is 26.4. The molecule has 0 saturated carbocycles. The fourth-order valence-corrected chi connectivity index (χ4v) is 4.71. The summed E-state index contributed by atoms with van der Waals surface area (Å²) in [6.45, 7) is 4.39. The Hall–Kier alpha value is -4.68. The Bertz CT molecular complexity index is 1660. The van der Waals surface area contributed by atoms with Crippen LogP contribution in [0.2, 0.25) is 0 Å². The van der Waals surface area contributed by atoms with Crippen molar-refractivity contribution in [2.45, 2.75) is 45.8 Å². The molecule has 0 bridgehead atoms. The van der Waals surface area contributed by atoms with Crippen molar-refractivity contribution in [3.8, 4) is 28.6 Å². The number of halogens is 1. The molecule has 254 valence electrons. The van der Waals surface area contributed by atoms with Gasteiger partial charge in [0.2, 0.25) is 5.91 Å². The first-order chi connectivity index (χ1) is 22.4. The van der Waals surface area contributed by atoms with Crippen molar-refractivity contribution in [3.63, 3.8) is 0 Å². The fourth-order valence-electron chi connectivity index (χ4n) is 4.49. The summed E-state index contributed by atoms with van der Waals surface area (Å²) < 4.78 is 27.7. The second kappa shape index (κ2) is 17.3. The summed E-state index contributed by atoms with van der Waals surface area (Å²) in [5.41, 5.74) is 2.12. The second-order valence-electron chi connectivity index (χ2n) is 10.1. The second-order valence-corrected chi connectivity index (χ2v) is 11.2. The molecule has 2 N–H and O–H groups in total. The highest BCUT2D eigenvalue weighted by atomic mass is 127. The van der Waals surface area contributed by atoms with Crippen LogP contribution in [0.25, 0.3) is 22.3 Å². The molecule has 1 amide bonds. The van der Waals surface area contributed by atoms with Gasteiger partial charge in [-0.2, -0.15) is 0 Å². The summed E-state index contributed by atoms with van der Waals surface area (Å²) in [4.78, 5) is 71.9. The maximum atomic E-state index is 13.0. The van der Waals surface area contributed by atoms with Gasteiger partial charge in [-0.3, -0.25) is 14.4 Å². The maximum Gasteiger partial charge on any atom is 0.329 e. The number of rotatable bonds is 17. The molecule has 17 heteroatoms. The van der Waals surface area contributed by atoms with Crippen LogP contribution in [0.1, 0.15) is 30.9 Å². The van der Waals surface area contributed by atoms with Gasteiger partial charge in [-0.15, -0.1) is 10.1 Å². The number of aromatic amines is 1. The Labute approximate surface area is 282 Å². The van der Waals surface area contributed by atoms with Crippen LogP contribution in [0.3, 0.4) is 0 Å². The molecule has 1 heterocycles. The summed E-state index contributed by atoms with van der Waals surface area (Å²) in [6.07, 6.45) is -0.705. The number of ether oxygens (including phenoxy) is 5. The predicted molar refractivity (Wildman–Crippen MR) is 175 cm³/mol. The highest BCUT2D eigenvalue weighted by Crippen LogP contribution is 2.32. The minimum absolute atomic E-state index is 0.0337. The van der Waals surface area contributed by atoms with Crippen LogP contribution in [0, 0.1) is 24.0 Å². The number of hydrogen-bond donors (Lipinski definition) is 2. The number of benzene rings is 2. The molecule has 0 spiro atoms. The standard InChI is InChI=1S/C30H35IN4O12/c1-6-19(14-45-25(37)13-22(30(39)44-8-7-31)32-24(36)15-46-35(40)41)47-27-16(2)9-18(10-17(27)3)28-33-21-11-20(42-4)12-23(43-5)26(21)29(38)34-28/h9-12,19,22H,6-8,13-15H2,1-5H3,(H,32,36)(H,33,34,38). The lowest BCUT2D eigenvalue weighted by atomic mass is 10.0. The highest BCUT2D eigenvalue weighted by molar-refractivity contribution is 14.1. The van der Waals surface area contributed by atoms with E-state index in [9.17, 15) is 29.3 Å². The average Bonchev–Trinajstić information content (AvgIpc) is 3.04. The molecule has 2 atom stereocenters. The van der Waals surface area contributed by atoms with Crippen LogP contribution in [-0.4, -0.2) is 83.5 Å². The molecule has 47 heavy (non-hydrogen) atoms. The van der Waals surface area contributed by atoms with Crippen LogP contribution < -0.4 is 25.1 Å². The molecule has 0 aliphatic carbocycles. The number of aryl methyl sites for hydroxylation is 2. The van der Waals surface area contributed by atoms with Crippen LogP contribution in [0.5, 0.6) is 17.2 Å². The molecule has 0 aliphatic heterocycles. The smallest absolute Gasteiger partial charge is 0.329 e. The maximum absolute atomic E-state index is 13.0. The van der Waals surface area contributed by atoms with Gasteiger partial charge in [0, 0.05) is 22.1 Å². The Morgan fingerprint density at radius 3 is 2.38 bits per heavy atom. The molecule has 3 rings (SSSR count). The van der Waals surface area contributed by atoms with Crippen LogP contribution >= 0.6 is 22.6 Å². The van der Waals surface area contributed by atoms with Crippen molar-refractivity contribution in [1.29, 1.82) is 0 Å². The van der Waals surface area contributed by atoms with E-state index in [0.29, 0.717) is 50.4 Å². The molecular weight excluding hydrogens is 735 g/mol. The molecule has 2 unspecified atom stereocenters. The lowest BCUT2D eigenvalue weighted by Gasteiger charge is -2.22. The van der Waals surface area contributed by atoms with Gasteiger partial charge < -0.3 is 38.8 Å². The summed E-state index contributed by atoms with van der Waals surface area (Å²) in [5.74, 6) is -1.02. The van der Waals surface area contributed by atoms with Crippen molar-refractivity contribution in [2.24, 2.45) is 0 Å². The molecule has 1 aromatic heterocycles. The molecule has 16 nitrogen and oxygen atoms in total. The summed E-state index contributed by atoms with van der Waals surface area (Å²) in [6, 6.07) is 5.43. The monoisotopic (exact) mass is 770 g/mol. The summed E-state index contributed by atoms with van der Waals surface area (Å²) in [5, 5.41) is 11.7. The van der Waals surface area contributed by atoms with Crippen molar-refractivity contribution < 1.29 is 48.0 Å². The van der Waals surface area contributed by atoms with Gasteiger partial charge in [0.1, 0.15) is 53.8 Å². The van der Waals surface area contributed by atoms with Gasteiger partial charge in [-0.1, -0.05) is 29.5 Å². The van der Waals surface area contributed by atoms with E-state index < -0.39 is 48.1 Å². The van der Waals surface area contributed by atoms with Gasteiger partial charge in [0.25, 0.3) is 10.6 Å². The Kier molecular flexibility index (Phi) is 13.5. The predicted octanol–water partition coefficient (Wildman–Crippen LogP) is 2.99. The Balaban J connectivity index is 1.73. The zero-order chi connectivity index (χ0) is 34.7. The zero-order valence-corrected chi connectivity index (χ0v) is 28.5. The van der Waals surface area contributed by atoms with Gasteiger partial charge in [0.15, 0.2) is 6.61 Å². The first-order valence-electron chi connectivity index (χ1n) is 14.3. The van der Waals surface area contributed by atoms with Crippen molar-refractivity contribution in [3.05, 3.63) is 55.9 Å². The van der Waals surface area contributed by atoms with E-state index in [0.717, 1.165) is 11.1 Å². The van der Waals surface area contributed by atoms with E-state index >= 15 is 0 Å². The average molecular weight is 771 g/mol. The van der Waals surface area contributed by atoms with Gasteiger partial charge in [-0.25, -0.2) is 9.78 Å². The van der Waals surface area contributed by atoms with Crippen LogP contribution in [-0.2, 0) is 28.7 Å². The van der Waals surface area contributed by atoms with Gasteiger partial charge >= 0.3 is 11.9 Å². The third-order valence-electron chi connectivity index (χ3n) is 6.72. The Morgan fingerprint density at radius 1 is 1.09 bits per heavy atom. The molecule has 0 fully saturated rings. The van der Waals surface area contributed by atoms with Crippen LogP contribution in [0.15, 0.2) is 29.1 Å². The van der Waals surface area contributed by atoms with Gasteiger partial charge in [-0.05, 0) is 43.5 Å². The normalized spacial score (nSPS) is 12.0. The molecule has 3 aromatic rings. The third-order valence-corrected chi connectivity index (χ3v) is 7.16. The van der Waals surface area contributed by atoms with E-state index in [1.165, 1.54) is 14.2 Å². The number of nitrogens with one attached hydrogen (secondary N) is 2. The number of methoxy groups -OCH3 is 2.